The molecule has 2 N–H and O–H groups in total. The van der Waals surface area contributed by atoms with Crippen LogP contribution in [0.25, 0.3) is 0 Å². The van der Waals surface area contributed by atoms with E-state index in [1.807, 2.05) is 18.2 Å². The smallest absolute Gasteiger partial charge is 0.284 e. The highest BCUT2D eigenvalue weighted by Crippen LogP contribution is 2.21. The van der Waals surface area contributed by atoms with Gasteiger partial charge in [-0.05, 0) is 24.3 Å². The molecule has 0 atom stereocenters. The van der Waals surface area contributed by atoms with Crippen molar-refractivity contribution in [3.63, 3.8) is 0 Å². The van der Waals surface area contributed by atoms with Crippen molar-refractivity contribution < 1.29 is 18.0 Å². The molecule has 1 amide bonds. The molecule has 4 nitrogen and oxygen atoms in total. The van der Waals surface area contributed by atoms with Gasteiger partial charge >= 0.3 is 0 Å². The standard InChI is InChI=1S/C16H18F2N2O2S/c17-16(18)23-11-14-7-6-13(22-14)10-19-8-9-20-15(21)12-4-2-1-3-5-12/h1-7,16,19H,8-11H2,(H,20,21). The molecule has 0 radical (unpaired) electrons. The molecule has 124 valence electrons. The topological polar surface area (TPSA) is 54.3 Å². The highest BCUT2D eigenvalue weighted by Gasteiger charge is 2.07. The van der Waals surface area contributed by atoms with Crippen molar-refractivity contribution in [1.29, 1.82) is 0 Å². The van der Waals surface area contributed by atoms with E-state index in [-0.39, 0.29) is 11.7 Å². The van der Waals surface area contributed by atoms with Crippen LogP contribution in [0.1, 0.15) is 21.9 Å². The van der Waals surface area contributed by atoms with Gasteiger partial charge in [-0.2, -0.15) is 8.78 Å². The van der Waals surface area contributed by atoms with Crippen molar-refractivity contribution in [3.05, 3.63) is 59.5 Å². The van der Waals surface area contributed by atoms with E-state index in [0.29, 0.717) is 48.5 Å². The molecule has 0 aliphatic carbocycles. The monoisotopic (exact) mass is 340 g/mol. The molecule has 1 aromatic heterocycles. The van der Waals surface area contributed by atoms with Gasteiger partial charge in [0.15, 0.2) is 0 Å². The molecule has 23 heavy (non-hydrogen) atoms. The van der Waals surface area contributed by atoms with E-state index in [1.54, 1.807) is 24.3 Å². The summed E-state index contributed by atoms with van der Waals surface area (Å²) in [6.07, 6.45) is 0. The fraction of sp³-hybridized carbons (Fsp3) is 0.312. The molecule has 0 aliphatic heterocycles. The molecule has 0 unspecified atom stereocenters. The van der Waals surface area contributed by atoms with Crippen LogP contribution in [0.15, 0.2) is 46.9 Å². The lowest BCUT2D eigenvalue weighted by Crippen LogP contribution is -2.31. The highest BCUT2D eigenvalue weighted by atomic mass is 32.2. The minimum absolute atomic E-state index is 0.114. The molecule has 7 heteroatoms. The van der Waals surface area contributed by atoms with Crippen LogP contribution in [0, 0.1) is 0 Å². The van der Waals surface area contributed by atoms with Crippen molar-refractivity contribution in [2.75, 3.05) is 13.1 Å². The number of amides is 1. The minimum Gasteiger partial charge on any atom is -0.464 e. The van der Waals surface area contributed by atoms with Crippen molar-refractivity contribution in [3.8, 4) is 0 Å². The minimum atomic E-state index is -2.39. The SMILES string of the molecule is O=C(NCCNCc1ccc(CSC(F)F)o1)c1ccccc1. The molecule has 1 aromatic carbocycles. The van der Waals surface area contributed by atoms with E-state index in [1.165, 1.54) is 0 Å². The average molecular weight is 340 g/mol. The van der Waals surface area contributed by atoms with Crippen LogP contribution in [0.4, 0.5) is 8.78 Å². The van der Waals surface area contributed by atoms with E-state index in [4.69, 9.17) is 4.42 Å². The van der Waals surface area contributed by atoms with Crippen molar-refractivity contribution in [1.82, 2.24) is 10.6 Å². The molecular formula is C16H18F2N2O2S. The van der Waals surface area contributed by atoms with Gasteiger partial charge in [0.1, 0.15) is 11.5 Å². The fourth-order valence-corrected chi connectivity index (χ4v) is 2.35. The Bertz CT molecular complexity index is 605. The van der Waals surface area contributed by atoms with Crippen LogP contribution in [0.3, 0.4) is 0 Å². The molecule has 2 aromatic rings. The molecule has 0 fully saturated rings. The number of alkyl halides is 2. The number of carbonyl (C=O) groups is 1. The molecule has 0 saturated heterocycles. The summed E-state index contributed by atoms with van der Waals surface area (Å²) < 4.78 is 29.6. The van der Waals surface area contributed by atoms with E-state index in [9.17, 15) is 13.6 Å². The Labute approximate surface area is 137 Å². The van der Waals surface area contributed by atoms with E-state index in [2.05, 4.69) is 10.6 Å². The molecule has 0 bridgehead atoms. The largest absolute Gasteiger partial charge is 0.464 e. The van der Waals surface area contributed by atoms with Gasteiger partial charge in [0, 0.05) is 18.7 Å². The highest BCUT2D eigenvalue weighted by molar-refractivity contribution is 7.98. The van der Waals surface area contributed by atoms with Gasteiger partial charge in [-0.1, -0.05) is 30.0 Å². The quantitative estimate of drug-likeness (QED) is 0.688. The van der Waals surface area contributed by atoms with Crippen LogP contribution < -0.4 is 10.6 Å². The summed E-state index contributed by atoms with van der Waals surface area (Å²) in [5.41, 5.74) is 0.625. The summed E-state index contributed by atoms with van der Waals surface area (Å²) in [6, 6.07) is 12.5. The Morgan fingerprint density at radius 3 is 2.57 bits per heavy atom. The predicted molar refractivity (Wildman–Crippen MR) is 86.5 cm³/mol. The lowest BCUT2D eigenvalue weighted by molar-refractivity contribution is 0.0954. The summed E-state index contributed by atoms with van der Waals surface area (Å²) in [4.78, 5) is 11.8. The molecule has 0 saturated carbocycles. The summed E-state index contributed by atoms with van der Waals surface area (Å²) >= 11 is 0.536. The van der Waals surface area contributed by atoms with Crippen molar-refractivity contribution in [2.45, 2.75) is 18.1 Å². The predicted octanol–water partition coefficient (Wildman–Crippen LogP) is 3.26. The first-order chi connectivity index (χ1) is 11.1. The Kier molecular flexibility index (Phi) is 7.09. The lowest BCUT2D eigenvalue weighted by Gasteiger charge is -2.06. The van der Waals surface area contributed by atoms with Gasteiger partial charge in [0.05, 0.1) is 12.3 Å². The first kappa shape index (κ1) is 17.5. The van der Waals surface area contributed by atoms with E-state index >= 15 is 0 Å². The average Bonchev–Trinajstić information content (AvgIpc) is 3.01. The zero-order valence-corrected chi connectivity index (χ0v) is 13.2. The van der Waals surface area contributed by atoms with Crippen LogP contribution in [-0.2, 0) is 12.3 Å². The van der Waals surface area contributed by atoms with Crippen LogP contribution in [0.2, 0.25) is 0 Å². The second-order valence-corrected chi connectivity index (χ2v) is 5.72. The number of rotatable bonds is 9. The van der Waals surface area contributed by atoms with Gasteiger partial charge in [-0.3, -0.25) is 4.79 Å². The zero-order valence-electron chi connectivity index (χ0n) is 12.4. The summed E-state index contributed by atoms with van der Waals surface area (Å²) in [7, 11) is 0. The Morgan fingerprint density at radius 1 is 1.09 bits per heavy atom. The van der Waals surface area contributed by atoms with Crippen LogP contribution in [0.5, 0.6) is 0 Å². The van der Waals surface area contributed by atoms with Crippen LogP contribution >= 0.6 is 11.8 Å². The van der Waals surface area contributed by atoms with E-state index < -0.39 is 5.76 Å². The summed E-state index contributed by atoms with van der Waals surface area (Å²) in [5, 5.41) is 5.93. The first-order valence-corrected chi connectivity index (χ1v) is 8.21. The van der Waals surface area contributed by atoms with Gasteiger partial charge in [0.25, 0.3) is 11.7 Å². The number of nitrogens with one attached hydrogen (secondary N) is 2. The van der Waals surface area contributed by atoms with Gasteiger partial charge in [-0.15, -0.1) is 0 Å². The molecule has 1 heterocycles. The summed E-state index contributed by atoms with van der Waals surface area (Å²) in [6.45, 7) is 1.56. The molecule has 2 rings (SSSR count). The number of carbonyl (C=O) groups excluding carboxylic acids is 1. The maximum Gasteiger partial charge on any atom is 0.284 e. The molecular weight excluding hydrogens is 322 g/mol. The second-order valence-electron chi connectivity index (χ2n) is 4.74. The number of hydrogen-bond donors (Lipinski definition) is 2. The normalized spacial score (nSPS) is 10.9. The van der Waals surface area contributed by atoms with Gasteiger partial charge < -0.3 is 15.1 Å². The second kappa shape index (κ2) is 9.32. The summed E-state index contributed by atoms with van der Waals surface area (Å²) in [5.74, 6) is -1.13. The van der Waals surface area contributed by atoms with Crippen molar-refractivity contribution >= 4 is 17.7 Å². The van der Waals surface area contributed by atoms with E-state index in [0.717, 1.165) is 0 Å². The fourth-order valence-electron chi connectivity index (χ4n) is 1.91. The van der Waals surface area contributed by atoms with Crippen molar-refractivity contribution in [2.24, 2.45) is 0 Å². The van der Waals surface area contributed by atoms with Crippen LogP contribution in [-0.4, -0.2) is 24.8 Å². The maximum atomic E-state index is 12.1. The maximum absolute atomic E-state index is 12.1. The number of thioether (sulfide) groups is 1. The Hall–Kier alpha value is -1.86. The van der Waals surface area contributed by atoms with Gasteiger partial charge in [0.2, 0.25) is 0 Å². The zero-order chi connectivity index (χ0) is 16.5. The first-order valence-electron chi connectivity index (χ1n) is 7.16. The Morgan fingerprint density at radius 2 is 1.83 bits per heavy atom. The van der Waals surface area contributed by atoms with Gasteiger partial charge in [-0.25, -0.2) is 0 Å². The number of benzene rings is 1. The molecule has 0 spiro atoms. The number of halogens is 2. The lowest BCUT2D eigenvalue weighted by atomic mass is 10.2. The third kappa shape index (κ3) is 6.42. The number of furan rings is 1. The Balaban J connectivity index is 1.61. The third-order valence-electron chi connectivity index (χ3n) is 2.99. The third-order valence-corrected chi connectivity index (χ3v) is 3.69. The molecule has 0 aliphatic rings. The number of hydrogen-bond acceptors (Lipinski definition) is 4.